The van der Waals surface area contributed by atoms with E-state index < -0.39 is 16.1 Å². The first kappa shape index (κ1) is 15.0. The molecule has 0 amide bonds. The Kier molecular flexibility index (Phi) is 4.17. The Hall–Kier alpha value is -1.37. The van der Waals surface area contributed by atoms with Crippen LogP contribution in [-0.4, -0.2) is 13.6 Å². The normalized spacial score (nSPS) is 13.4. The Labute approximate surface area is 123 Å². The molecule has 1 atom stereocenters. The zero-order valence-electron chi connectivity index (χ0n) is 11.3. The van der Waals surface area contributed by atoms with Crippen LogP contribution in [0.1, 0.15) is 30.0 Å². The standard InChI is InChI=1S/C13H15ClN2O3S/c1-8(11-5-4-6-12(14)7-11)16-20(17,18)13-9(2)15-19-10(13)3/h4-8,16H,1-3H3. The predicted octanol–water partition coefficient (Wildman–Crippen LogP) is 2.98. The molecule has 0 saturated carbocycles. The fourth-order valence-corrected chi connectivity index (χ4v) is 3.75. The Bertz CT molecular complexity index is 705. The van der Waals surface area contributed by atoms with Crippen LogP contribution in [0.4, 0.5) is 0 Å². The third kappa shape index (κ3) is 3.03. The molecular weight excluding hydrogens is 300 g/mol. The molecule has 0 aliphatic heterocycles. The molecule has 0 aliphatic rings. The lowest BCUT2D eigenvalue weighted by Gasteiger charge is -2.14. The molecule has 0 saturated heterocycles. The largest absolute Gasteiger partial charge is 0.360 e. The second-order valence-electron chi connectivity index (χ2n) is 4.55. The van der Waals surface area contributed by atoms with Gasteiger partial charge in [-0.15, -0.1) is 0 Å². The van der Waals surface area contributed by atoms with Gasteiger partial charge in [-0.05, 0) is 38.5 Å². The summed E-state index contributed by atoms with van der Waals surface area (Å²) in [5, 5.41) is 4.22. The molecule has 2 rings (SSSR count). The zero-order chi connectivity index (χ0) is 14.9. The van der Waals surface area contributed by atoms with Crippen LogP contribution in [-0.2, 0) is 10.0 Å². The number of aryl methyl sites for hydroxylation is 2. The number of sulfonamides is 1. The molecule has 1 unspecified atom stereocenters. The minimum Gasteiger partial charge on any atom is -0.360 e. The molecule has 2 aromatic rings. The molecule has 0 spiro atoms. The van der Waals surface area contributed by atoms with Gasteiger partial charge >= 0.3 is 0 Å². The SMILES string of the molecule is Cc1noc(C)c1S(=O)(=O)NC(C)c1cccc(Cl)c1. The van der Waals surface area contributed by atoms with Gasteiger partial charge < -0.3 is 4.52 Å². The average molecular weight is 315 g/mol. The summed E-state index contributed by atoms with van der Waals surface area (Å²) < 4.78 is 32.2. The van der Waals surface area contributed by atoms with Gasteiger partial charge in [-0.1, -0.05) is 28.9 Å². The third-order valence-corrected chi connectivity index (χ3v) is 4.94. The van der Waals surface area contributed by atoms with Crippen LogP contribution in [0.25, 0.3) is 0 Å². The molecule has 1 aromatic carbocycles. The number of benzene rings is 1. The second-order valence-corrected chi connectivity index (χ2v) is 6.64. The van der Waals surface area contributed by atoms with Gasteiger partial charge in [-0.3, -0.25) is 0 Å². The van der Waals surface area contributed by atoms with Crippen molar-refractivity contribution in [3.05, 3.63) is 46.3 Å². The van der Waals surface area contributed by atoms with Crippen LogP contribution >= 0.6 is 11.6 Å². The molecule has 5 nitrogen and oxygen atoms in total. The van der Waals surface area contributed by atoms with E-state index in [9.17, 15) is 8.42 Å². The van der Waals surface area contributed by atoms with Crippen LogP contribution in [0.5, 0.6) is 0 Å². The van der Waals surface area contributed by atoms with E-state index in [4.69, 9.17) is 16.1 Å². The number of nitrogens with one attached hydrogen (secondary N) is 1. The van der Waals surface area contributed by atoms with Crippen molar-refractivity contribution >= 4 is 21.6 Å². The minimum absolute atomic E-state index is 0.0892. The molecule has 20 heavy (non-hydrogen) atoms. The lowest BCUT2D eigenvalue weighted by molar-refractivity contribution is 0.390. The van der Waals surface area contributed by atoms with Crippen molar-refractivity contribution in [3.63, 3.8) is 0 Å². The van der Waals surface area contributed by atoms with E-state index in [0.29, 0.717) is 10.7 Å². The average Bonchev–Trinajstić information content (AvgIpc) is 2.69. The van der Waals surface area contributed by atoms with Crippen LogP contribution in [0, 0.1) is 13.8 Å². The summed E-state index contributed by atoms with van der Waals surface area (Å²) in [5.74, 6) is 0.272. The number of halogens is 1. The molecular formula is C13H15ClN2O3S. The smallest absolute Gasteiger partial charge is 0.246 e. The van der Waals surface area contributed by atoms with Gasteiger partial charge in [0.2, 0.25) is 10.0 Å². The number of hydrogen-bond acceptors (Lipinski definition) is 4. The van der Waals surface area contributed by atoms with Gasteiger partial charge in [-0.2, -0.15) is 0 Å². The van der Waals surface area contributed by atoms with Crippen molar-refractivity contribution in [1.29, 1.82) is 0 Å². The minimum atomic E-state index is -3.69. The molecule has 108 valence electrons. The maximum absolute atomic E-state index is 12.4. The maximum Gasteiger partial charge on any atom is 0.246 e. The number of aromatic nitrogens is 1. The summed E-state index contributed by atoms with van der Waals surface area (Å²) in [6.07, 6.45) is 0. The summed E-state index contributed by atoms with van der Waals surface area (Å²) >= 11 is 5.91. The van der Waals surface area contributed by atoms with E-state index in [-0.39, 0.29) is 10.7 Å². The van der Waals surface area contributed by atoms with Crippen LogP contribution < -0.4 is 4.72 Å². The number of nitrogens with zero attached hydrogens (tertiary/aromatic N) is 1. The molecule has 7 heteroatoms. The van der Waals surface area contributed by atoms with Crippen molar-refractivity contribution in [2.45, 2.75) is 31.7 Å². The molecule has 1 aromatic heterocycles. The highest BCUT2D eigenvalue weighted by atomic mass is 35.5. The van der Waals surface area contributed by atoms with E-state index >= 15 is 0 Å². The van der Waals surface area contributed by atoms with Crippen molar-refractivity contribution in [1.82, 2.24) is 9.88 Å². The first-order valence-electron chi connectivity index (χ1n) is 6.02. The van der Waals surface area contributed by atoms with Crippen molar-refractivity contribution in [3.8, 4) is 0 Å². The summed E-state index contributed by atoms with van der Waals surface area (Å²) in [6, 6.07) is 6.64. The van der Waals surface area contributed by atoms with E-state index in [1.165, 1.54) is 0 Å². The monoisotopic (exact) mass is 314 g/mol. The molecule has 0 fully saturated rings. The predicted molar refractivity (Wildman–Crippen MR) is 76.2 cm³/mol. The zero-order valence-corrected chi connectivity index (χ0v) is 12.9. The highest BCUT2D eigenvalue weighted by Crippen LogP contribution is 2.23. The third-order valence-electron chi connectivity index (χ3n) is 2.92. The summed E-state index contributed by atoms with van der Waals surface area (Å²) in [7, 11) is -3.69. The number of hydrogen-bond donors (Lipinski definition) is 1. The summed E-state index contributed by atoms with van der Waals surface area (Å²) in [6.45, 7) is 4.91. The Morgan fingerprint density at radius 1 is 1.35 bits per heavy atom. The molecule has 0 aliphatic carbocycles. The summed E-state index contributed by atoms with van der Waals surface area (Å²) in [4.78, 5) is 0.0892. The summed E-state index contributed by atoms with van der Waals surface area (Å²) in [5.41, 5.74) is 1.13. The topological polar surface area (TPSA) is 72.2 Å². The Morgan fingerprint density at radius 3 is 2.60 bits per heavy atom. The van der Waals surface area contributed by atoms with E-state index in [0.717, 1.165) is 5.56 Å². The van der Waals surface area contributed by atoms with E-state index in [2.05, 4.69) is 9.88 Å². The lowest BCUT2D eigenvalue weighted by Crippen LogP contribution is -2.27. The van der Waals surface area contributed by atoms with Gasteiger partial charge in [-0.25, -0.2) is 13.1 Å². The molecule has 1 heterocycles. The molecule has 0 bridgehead atoms. The lowest BCUT2D eigenvalue weighted by atomic mass is 10.1. The first-order chi connectivity index (χ1) is 9.31. The second kappa shape index (κ2) is 5.55. The van der Waals surface area contributed by atoms with Crippen LogP contribution in [0.15, 0.2) is 33.7 Å². The van der Waals surface area contributed by atoms with E-state index in [1.54, 1.807) is 39.0 Å². The van der Waals surface area contributed by atoms with E-state index in [1.807, 2.05) is 6.07 Å². The molecule has 1 N–H and O–H groups in total. The van der Waals surface area contributed by atoms with Crippen molar-refractivity contribution < 1.29 is 12.9 Å². The van der Waals surface area contributed by atoms with Gasteiger partial charge in [0.05, 0.1) is 0 Å². The van der Waals surface area contributed by atoms with Gasteiger partial charge in [0.1, 0.15) is 10.6 Å². The van der Waals surface area contributed by atoms with Crippen LogP contribution in [0.2, 0.25) is 5.02 Å². The van der Waals surface area contributed by atoms with Crippen molar-refractivity contribution in [2.24, 2.45) is 0 Å². The Morgan fingerprint density at radius 2 is 2.05 bits per heavy atom. The fraction of sp³-hybridized carbons (Fsp3) is 0.308. The first-order valence-corrected chi connectivity index (χ1v) is 7.88. The van der Waals surface area contributed by atoms with Gasteiger partial charge in [0.15, 0.2) is 5.76 Å². The van der Waals surface area contributed by atoms with Crippen LogP contribution in [0.3, 0.4) is 0 Å². The number of rotatable bonds is 4. The molecule has 0 radical (unpaired) electrons. The Balaban J connectivity index is 2.29. The maximum atomic E-state index is 12.4. The van der Waals surface area contributed by atoms with Crippen molar-refractivity contribution in [2.75, 3.05) is 0 Å². The van der Waals surface area contributed by atoms with Gasteiger partial charge in [0.25, 0.3) is 0 Å². The van der Waals surface area contributed by atoms with Gasteiger partial charge in [0, 0.05) is 11.1 Å². The highest BCUT2D eigenvalue weighted by Gasteiger charge is 2.26. The highest BCUT2D eigenvalue weighted by molar-refractivity contribution is 7.89. The fourth-order valence-electron chi connectivity index (χ4n) is 1.99. The quantitative estimate of drug-likeness (QED) is 0.941.